The van der Waals surface area contributed by atoms with Crippen molar-refractivity contribution in [1.29, 1.82) is 0 Å². The first-order valence-corrected chi connectivity index (χ1v) is 8.64. The Morgan fingerprint density at radius 2 is 1.96 bits per heavy atom. The van der Waals surface area contributed by atoms with Gasteiger partial charge in [0.1, 0.15) is 5.82 Å². The minimum atomic E-state index is -3.59. The van der Waals surface area contributed by atoms with Gasteiger partial charge < -0.3 is 4.90 Å². The molecule has 0 aliphatic heterocycles. The Morgan fingerprint density at radius 3 is 2.61 bits per heavy atom. The quantitative estimate of drug-likeness (QED) is 0.866. The third-order valence-electron chi connectivity index (χ3n) is 3.01. The van der Waals surface area contributed by atoms with E-state index in [1.54, 1.807) is 17.0 Å². The minimum absolute atomic E-state index is 0.0574. The van der Waals surface area contributed by atoms with E-state index in [-0.39, 0.29) is 12.3 Å². The van der Waals surface area contributed by atoms with Crippen LogP contribution in [0.3, 0.4) is 0 Å². The smallest absolute Gasteiger partial charge is 0.225 e. The van der Waals surface area contributed by atoms with Gasteiger partial charge in [-0.3, -0.25) is 0 Å². The molecule has 6 nitrogen and oxygen atoms in total. The standard InChI is InChI=1S/C15H19FN4O2S/c1-11-7-14(19-15(18-11)20(2)3)9-17-23(21,22)10-12-5-4-6-13(16)8-12/h4-8,17H,9-10H2,1-3H3. The van der Waals surface area contributed by atoms with Gasteiger partial charge in [0.2, 0.25) is 16.0 Å². The summed E-state index contributed by atoms with van der Waals surface area (Å²) in [5.41, 5.74) is 1.72. The molecule has 2 rings (SSSR count). The Morgan fingerprint density at radius 1 is 1.22 bits per heavy atom. The van der Waals surface area contributed by atoms with Gasteiger partial charge >= 0.3 is 0 Å². The van der Waals surface area contributed by atoms with Crippen LogP contribution in [0.15, 0.2) is 30.3 Å². The summed E-state index contributed by atoms with van der Waals surface area (Å²) in [5.74, 6) is -0.223. The van der Waals surface area contributed by atoms with E-state index in [4.69, 9.17) is 0 Å². The van der Waals surface area contributed by atoms with Crippen molar-refractivity contribution < 1.29 is 12.8 Å². The van der Waals surface area contributed by atoms with E-state index < -0.39 is 15.8 Å². The van der Waals surface area contributed by atoms with Gasteiger partial charge in [0.05, 0.1) is 18.0 Å². The average molecular weight is 338 g/mol. The summed E-state index contributed by atoms with van der Waals surface area (Å²) in [7, 11) is 0.0381. The molecule has 0 amide bonds. The molecular formula is C15H19FN4O2S. The Balaban J connectivity index is 2.07. The second-order valence-electron chi connectivity index (χ2n) is 5.41. The highest BCUT2D eigenvalue weighted by Gasteiger charge is 2.13. The Labute approximate surface area is 135 Å². The summed E-state index contributed by atoms with van der Waals surface area (Å²) in [6, 6.07) is 7.25. The predicted molar refractivity (Wildman–Crippen MR) is 87.0 cm³/mol. The van der Waals surface area contributed by atoms with Crippen LogP contribution in [0.4, 0.5) is 10.3 Å². The molecule has 0 saturated carbocycles. The predicted octanol–water partition coefficient (Wildman–Crippen LogP) is 1.61. The molecule has 1 aromatic carbocycles. The van der Waals surface area contributed by atoms with Gasteiger partial charge in [0.25, 0.3) is 0 Å². The van der Waals surface area contributed by atoms with Crippen molar-refractivity contribution in [3.63, 3.8) is 0 Å². The lowest BCUT2D eigenvalue weighted by molar-refractivity contribution is 0.579. The molecular weight excluding hydrogens is 319 g/mol. The van der Waals surface area contributed by atoms with E-state index >= 15 is 0 Å². The maximum atomic E-state index is 13.1. The van der Waals surface area contributed by atoms with E-state index in [0.717, 1.165) is 5.69 Å². The van der Waals surface area contributed by atoms with Gasteiger partial charge in [-0.25, -0.2) is 27.5 Å². The number of halogens is 1. The maximum absolute atomic E-state index is 13.1. The highest BCUT2D eigenvalue weighted by molar-refractivity contribution is 7.88. The van der Waals surface area contributed by atoms with Crippen molar-refractivity contribution >= 4 is 16.0 Å². The molecule has 8 heteroatoms. The molecule has 0 aliphatic carbocycles. The Bertz CT molecular complexity index is 794. The fourth-order valence-electron chi connectivity index (χ4n) is 1.99. The van der Waals surface area contributed by atoms with Gasteiger partial charge in [-0.2, -0.15) is 0 Å². The lowest BCUT2D eigenvalue weighted by Crippen LogP contribution is -2.26. The van der Waals surface area contributed by atoms with Crippen LogP contribution < -0.4 is 9.62 Å². The molecule has 1 aromatic heterocycles. The molecule has 2 aromatic rings. The largest absolute Gasteiger partial charge is 0.347 e. The van der Waals surface area contributed by atoms with Crippen LogP contribution in [0.25, 0.3) is 0 Å². The fraction of sp³-hybridized carbons (Fsp3) is 0.333. The number of rotatable bonds is 6. The maximum Gasteiger partial charge on any atom is 0.225 e. The summed E-state index contributed by atoms with van der Waals surface area (Å²) in [5, 5.41) is 0. The summed E-state index contributed by atoms with van der Waals surface area (Å²) >= 11 is 0. The Hall–Kier alpha value is -2.06. The third-order valence-corrected chi connectivity index (χ3v) is 4.31. The number of sulfonamides is 1. The number of nitrogens with zero attached hydrogens (tertiary/aromatic N) is 3. The first kappa shape index (κ1) is 17.3. The van der Waals surface area contributed by atoms with Crippen LogP contribution in [0.5, 0.6) is 0 Å². The van der Waals surface area contributed by atoms with E-state index in [9.17, 15) is 12.8 Å². The second kappa shape index (κ2) is 7.01. The van der Waals surface area contributed by atoms with Crippen LogP contribution in [0.1, 0.15) is 17.0 Å². The molecule has 0 radical (unpaired) electrons. The zero-order valence-corrected chi connectivity index (χ0v) is 14.1. The molecule has 23 heavy (non-hydrogen) atoms. The molecule has 0 atom stereocenters. The second-order valence-corrected chi connectivity index (χ2v) is 7.21. The molecule has 1 heterocycles. The summed E-state index contributed by atoms with van der Waals surface area (Å²) in [6.07, 6.45) is 0. The van der Waals surface area contributed by atoms with Crippen LogP contribution >= 0.6 is 0 Å². The van der Waals surface area contributed by atoms with E-state index in [1.807, 2.05) is 21.0 Å². The SMILES string of the molecule is Cc1cc(CNS(=O)(=O)Cc2cccc(F)c2)nc(N(C)C)n1. The lowest BCUT2D eigenvalue weighted by atomic mass is 10.2. The normalized spacial score (nSPS) is 11.5. The van der Waals surface area contributed by atoms with Crippen LogP contribution in [-0.2, 0) is 22.3 Å². The molecule has 124 valence electrons. The van der Waals surface area contributed by atoms with Gasteiger partial charge in [-0.15, -0.1) is 0 Å². The number of aryl methyl sites for hydroxylation is 1. The van der Waals surface area contributed by atoms with E-state index in [1.165, 1.54) is 18.2 Å². The zero-order chi connectivity index (χ0) is 17.0. The van der Waals surface area contributed by atoms with Crippen molar-refractivity contribution in [2.45, 2.75) is 19.2 Å². The van der Waals surface area contributed by atoms with Crippen molar-refractivity contribution in [2.24, 2.45) is 0 Å². The summed E-state index contributed by atoms with van der Waals surface area (Å²) in [6.45, 7) is 1.88. The molecule has 0 fully saturated rings. The average Bonchev–Trinajstić information content (AvgIpc) is 2.44. The Kier molecular flexibility index (Phi) is 5.27. The zero-order valence-electron chi connectivity index (χ0n) is 13.2. The van der Waals surface area contributed by atoms with Crippen molar-refractivity contribution in [1.82, 2.24) is 14.7 Å². The highest BCUT2D eigenvalue weighted by Crippen LogP contribution is 2.10. The van der Waals surface area contributed by atoms with Gasteiger partial charge in [0, 0.05) is 19.8 Å². The van der Waals surface area contributed by atoms with Crippen LogP contribution in [0, 0.1) is 12.7 Å². The van der Waals surface area contributed by atoms with Gasteiger partial charge in [0.15, 0.2) is 0 Å². The molecule has 1 N–H and O–H groups in total. The number of aromatic nitrogens is 2. The van der Waals surface area contributed by atoms with Crippen LogP contribution in [0.2, 0.25) is 0 Å². The summed E-state index contributed by atoms with van der Waals surface area (Å²) < 4.78 is 39.8. The molecule has 0 bridgehead atoms. The summed E-state index contributed by atoms with van der Waals surface area (Å²) in [4.78, 5) is 10.3. The number of hydrogen-bond donors (Lipinski definition) is 1. The van der Waals surface area contributed by atoms with Gasteiger partial charge in [-0.05, 0) is 30.7 Å². The minimum Gasteiger partial charge on any atom is -0.347 e. The van der Waals surface area contributed by atoms with E-state index in [0.29, 0.717) is 17.2 Å². The number of benzene rings is 1. The third kappa shape index (κ3) is 5.26. The number of nitrogens with one attached hydrogen (secondary N) is 1. The van der Waals surface area contributed by atoms with Crippen molar-refractivity contribution in [2.75, 3.05) is 19.0 Å². The first-order valence-electron chi connectivity index (χ1n) is 6.99. The van der Waals surface area contributed by atoms with Crippen molar-refractivity contribution in [3.05, 3.63) is 53.1 Å². The lowest BCUT2D eigenvalue weighted by Gasteiger charge is -2.13. The fourth-order valence-corrected chi connectivity index (χ4v) is 3.08. The number of hydrogen-bond acceptors (Lipinski definition) is 5. The van der Waals surface area contributed by atoms with Crippen LogP contribution in [-0.4, -0.2) is 32.5 Å². The van der Waals surface area contributed by atoms with E-state index in [2.05, 4.69) is 14.7 Å². The molecule has 0 aliphatic rings. The highest BCUT2D eigenvalue weighted by atomic mass is 32.2. The monoisotopic (exact) mass is 338 g/mol. The molecule has 0 unspecified atom stereocenters. The first-order chi connectivity index (χ1) is 10.7. The number of anilines is 1. The molecule has 0 spiro atoms. The van der Waals surface area contributed by atoms with Gasteiger partial charge in [-0.1, -0.05) is 12.1 Å². The van der Waals surface area contributed by atoms with Crippen molar-refractivity contribution in [3.8, 4) is 0 Å². The molecule has 0 saturated heterocycles. The topological polar surface area (TPSA) is 75.2 Å².